The molecule has 0 amide bonds. The van der Waals surface area contributed by atoms with Crippen LogP contribution >= 0.6 is 11.8 Å². The Labute approximate surface area is 246 Å². The maximum atomic E-state index is 14.0. The smallest absolute Gasteiger partial charge is 0.315 e. The van der Waals surface area contributed by atoms with Gasteiger partial charge in [0.1, 0.15) is 21.9 Å². The average molecular weight is 632 g/mol. The summed E-state index contributed by atoms with van der Waals surface area (Å²) in [6.45, 7) is 0.732. The Kier molecular flexibility index (Phi) is 8.20. The molecule has 2 saturated carbocycles. The van der Waals surface area contributed by atoms with Crippen molar-refractivity contribution in [1.82, 2.24) is 9.29 Å². The summed E-state index contributed by atoms with van der Waals surface area (Å²) in [4.78, 5) is 18.5. The van der Waals surface area contributed by atoms with Crippen molar-refractivity contribution in [1.29, 1.82) is 0 Å². The largest absolute Gasteiger partial charge is 0.490 e. The predicted molar refractivity (Wildman–Crippen MR) is 149 cm³/mol. The number of carbonyl (C=O) groups is 1. The zero-order valence-corrected chi connectivity index (χ0v) is 25.1. The van der Waals surface area contributed by atoms with Crippen molar-refractivity contribution >= 4 is 39.3 Å². The number of hydrogen-bond donors (Lipinski definition) is 0. The quantitative estimate of drug-likeness (QED) is 0.237. The van der Waals surface area contributed by atoms with E-state index >= 15 is 0 Å². The summed E-state index contributed by atoms with van der Waals surface area (Å²) in [6, 6.07) is 9.32. The van der Waals surface area contributed by atoms with Crippen LogP contribution in [0.1, 0.15) is 45.4 Å². The van der Waals surface area contributed by atoms with E-state index < -0.39 is 51.0 Å². The molecule has 2 heterocycles. The molecule has 2 aliphatic carbocycles. The summed E-state index contributed by atoms with van der Waals surface area (Å²) in [6.07, 6.45) is -0.299. The lowest BCUT2D eigenvalue weighted by atomic mass is 9.94. The van der Waals surface area contributed by atoms with Gasteiger partial charge in [-0.05, 0) is 38.3 Å². The van der Waals surface area contributed by atoms with Gasteiger partial charge in [-0.25, -0.2) is 31.0 Å². The maximum absolute atomic E-state index is 14.0. The first-order valence-electron chi connectivity index (χ1n) is 13.6. The molecule has 14 heteroatoms. The fraction of sp³-hybridized carbons (Fsp3) is 0.571. The standard InChI is InChI=1S/C28H33F4N3O5S2/c1-26(29,30)10-9-19-16-35(18-7-5-4-6-8-18)23-22(42(37,38)34(19)2)13-21(40-17-27(11-12-27)25(36)39-3)24(33-23)41-20-14-28(31,32)15-20/h4-8,13,19-20H,9-12,14-17H2,1-3H3/t19-/m1/s1. The molecule has 0 unspecified atom stereocenters. The summed E-state index contributed by atoms with van der Waals surface area (Å²) in [7, 11) is -1.65. The Balaban J connectivity index is 1.59. The van der Waals surface area contributed by atoms with Crippen LogP contribution in [0.25, 0.3) is 0 Å². The van der Waals surface area contributed by atoms with E-state index in [1.165, 1.54) is 20.2 Å². The van der Waals surface area contributed by atoms with E-state index in [1.54, 1.807) is 35.2 Å². The summed E-state index contributed by atoms with van der Waals surface area (Å²) in [5.74, 6) is -6.13. The molecule has 3 aliphatic rings. The molecule has 1 aliphatic heterocycles. The number of ether oxygens (including phenoxy) is 2. The van der Waals surface area contributed by atoms with Gasteiger partial charge >= 0.3 is 5.97 Å². The van der Waals surface area contributed by atoms with Crippen LogP contribution in [-0.2, 0) is 19.6 Å². The van der Waals surface area contributed by atoms with Crippen LogP contribution in [0.2, 0.25) is 0 Å². The maximum Gasteiger partial charge on any atom is 0.315 e. The number of anilines is 2. The van der Waals surface area contributed by atoms with Crippen molar-refractivity contribution in [3.63, 3.8) is 0 Å². The molecule has 5 rings (SSSR count). The SMILES string of the molecule is COC(=O)C1(COc2cc3c(nc2SC2CC(F)(F)C2)N(c2ccccc2)C[C@@H](CCC(C)(F)F)N(C)S3(=O)=O)CC1. The molecule has 42 heavy (non-hydrogen) atoms. The number of thioether (sulfide) groups is 1. The number of alkyl halides is 4. The molecule has 1 aromatic heterocycles. The van der Waals surface area contributed by atoms with Crippen molar-refractivity contribution < 1.29 is 40.2 Å². The van der Waals surface area contributed by atoms with Gasteiger partial charge in [0, 0.05) is 55.9 Å². The summed E-state index contributed by atoms with van der Waals surface area (Å²) in [5.41, 5.74) is -0.276. The number of methoxy groups -OCH3 is 1. The monoisotopic (exact) mass is 631 g/mol. The number of para-hydroxylation sites is 1. The first-order chi connectivity index (χ1) is 19.6. The molecule has 0 radical (unpaired) electrons. The molecule has 230 valence electrons. The fourth-order valence-corrected chi connectivity index (χ4v) is 8.01. The predicted octanol–water partition coefficient (Wildman–Crippen LogP) is 5.88. The van der Waals surface area contributed by atoms with Crippen molar-refractivity contribution in [2.24, 2.45) is 5.41 Å². The number of esters is 1. The number of benzene rings is 1. The van der Waals surface area contributed by atoms with Gasteiger partial charge < -0.3 is 14.4 Å². The molecular weight excluding hydrogens is 598 g/mol. The summed E-state index contributed by atoms with van der Waals surface area (Å²) < 4.78 is 95.2. The molecule has 2 fully saturated rings. The van der Waals surface area contributed by atoms with Crippen molar-refractivity contribution in [2.75, 3.05) is 32.2 Å². The van der Waals surface area contributed by atoms with E-state index in [9.17, 15) is 30.8 Å². The minimum atomic E-state index is -4.27. The van der Waals surface area contributed by atoms with Gasteiger partial charge in [-0.2, -0.15) is 4.31 Å². The Morgan fingerprint density at radius 1 is 1.19 bits per heavy atom. The number of carbonyl (C=O) groups excluding carboxylic acids is 1. The van der Waals surface area contributed by atoms with Gasteiger partial charge in [-0.3, -0.25) is 4.79 Å². The van der Waals surface area contributed by atoms with Crippen molar-refractivity contribution in [3.05, 3.63) is 36.4 Å². The Morgan fingerprint density at radius 2 is 1.86 bits per heavy atom. The number of aromatic nitrogens is 1. The topological polar surface area (TPSA) is 89.0 Å². The lowest BCUT2D eigenvalue weighted by Crippen LogP contribution is -2.41. The molecule has 1 aromatic carbocycles. The van der Waals surface area contributed by atoms with E-state index in [0.29, 0.717) is 18.5 Å². The third-order valence-corrected chi connectivity index (χ3v) is 11.1. The van der Waals surface area contributed by atoms with Gasteiger partial charge in [-0.15, -0.1) is 0 Å². The average Bonchev–Trinajstić information content (AvgIpc) is 3.72. The third kappa shape index (κ3) is 6.35. The first kappa shape index (κ1) is 30.9. The fourth-order valence-electron chi connectivity index (χ4n) is 5.15. The highest BCUT2D eigenvalue weighted by atomic mass is 32.2. The molecule has 0 spiro atoms. The number of sulfonamides is 1. The molecular formula is C28H33F4N3O5S2. The number of fused-ring (bicyclic) bond motifs is 1. The van der Waals surface area contributed by atoms with Gasteiger partial charge in [0.05, 0.1) is 7.11 Å². The van der Waals surface area contributed by atoms with Gasteiger partial charge in [0.15, 0.2) is 11.6 Å². The van der Waals surface area contributed by atoms with Crippen LogP contribution < -0.4 is 9.64 Å². The van der Waals surface area contributed by atoms with Crippen LogP contribution in [0, 0.1) is 5.41 Å². The third-order valence-electron chi connectivity index (χ3n) is 8.01. The van der Waals surface area contributed by atoms with Gasteiger partial charge in [0.2, 0.25) is 21.9 Å². The number of nitrogens with zero attached hydrogens (tertiary/aromatic N) is 3. The van der Waals surface area contributed by atoms with E-state index in [4.69, 9.17) is 14.5 Å². The van der Waals surface area contributed by atoms with E-state index in [2.05, 4.69) is 0 Å². The molecule has 0 bridgehead atoms. The van der Waals surface area contributed by atoms with Crippen molar-refractivity contribution in [3.8, 4) is 5.75 Å². The molecule has 8 nitrogen and oxygen atoms in total. The van der Waals surface area contributed by atoms with Gasteiger partial charge in [-0.1, -0.05) is 30.0 Å². The highest BCUT2D eigenvalue weighted by Gasteiger charge is 2.52. The molecule has 1 atom stereocenters. The van der Waals surface area contributed by atoms with E-state index in [0.717, 1.165) is 23.0 Å². The molecule has 0 saturated heterocycles. The Morgan fingerprint density at radius 3 is 2.43 bits per heavy atom. The number of hydrogen-bond acceptors (Lipinski definition) is 8. The first-order valence-corrected chi connectivity index (χ1v) is 16.0. The van der Waals surface area contributed by atoms with Crippen LogP contribution in [-0.4, -0.2) is 74.1 Å². The molecule has 2 aromatic rings. The number of halogens is 4. The normalized spacial score (nSPS) is 22.9. The highest BCUT2D eigenvalue weighted by molar-refractivity contribution is 8.00. The lowest BCUT2D eigenvalue weighted by molar-refractivity contribution is -0.148. The van der Waals surface area contributed by atoms with E-state index in [1.807, 2.05) is 0 Å². The molecule has 0 N–H and O–H groups in total. The second-order valence-corrected chi connectivity index (χ2v) is 14.7. The van der Waals surface area contributed by atoms with E-state index in [-0.39, 0.29) is 53.9 Å². The minimum Gasteiger partial charge on any atom is -0.490 e. The van der Waals surface area contributed by atoms with Crippen LogP contribution in [0.5, 0.6) is 5.75 Å². The zero-order valence-electron chi connectivity index (χ0n) is 23.5. The van der Waals surface area contributed by atoms with Crippen LogP contribution in [0.4, 0.5) is 29.1 Å². The van der Waals surface area contributed by atoms with Crippen LogP contribution in [0.15, 0.2) is 46.3 Å². The minimum absolute atomic E-state index is 0.0348. The second-order valence-electron chi connectivity index (χ2n) is 11.4. The number of pyridine rings is 1. The van der Waals surface area contributed by atoms with Crippen molar-refractivity contribution in [2.45, 2.75) is 78.5 Å². The zero-order chi connectivity index (χ0) is 30.5. The summed E-state index contributed by atoms with van der Waals surface area (Å²) in [5, 5.41) is -0.259. The highest BCUT2D eigenvalue weighted by Crippen LogP contribution is 2.51. The summed E-state index contributed by atoms with van der Waals surface area (Å²) >= 11 is 1.07. The second kappa shape index (κ2) is 11.2. The number of likely N-dealkylation sites (N-methyl/N-ethyl adjacent to an activating group) is 1. The lowest BCUT2D eigenvalue weighted by Gasteiger charge is -2.34. The van der Waals surface area contributed by atoms with Gasteiger partial charge in [0.25, 0.3) is 0 Å². The van der Waals surface area contributed by atoms with Crippen LogP contribution in [0.3, 0.4) is 0 Å². The Bertz CT molecular complexity index is 1430. The number of rotatable bonds is 10. The Hall–Kier alpha value is -2.58.